The minimum Gasteiger partial charge on any atom is -0.357 e. The zero-order valence-electron chi connectivity index (χ0n) is 8.95. The van der Waals surface area contributed by atoms with E-state index in [1.807, 2.05) is 0 Å². The molecule has 0 fully saturated rings. The summed E-state index contributed by atoms with van der Waals surface area (Å²) in [7, 11) is 1.50. The SMILES string of the molecule is CNC(=O)C(C)NC(=O)c1ccncc1Cl. The highest BCUT2D eigenvalue weighted by Gasteiger charge is 2.16. The van der Waals surface area contributed by atoms with Gasteiger partial charge in [0.15, 0.2) is 0 Å². The Labute approximate surface area is 98.2 Å². The van der Waals surface area contributed by atoms with Crippen LogP contribution < -0.4 is 10.6 Å². The first-order valence-corrected chi connectivity index (χ1v) is 5.06. The van der Waals surface area contributed by atoms with Gasteiger partial charge in [0, 0.05) is 19.4 Å². The first kappa shape index (κ1) is 12.4. The second-order valence-corrected chi connectivity index (χ2v) is 3.57. The summed E-state index contributed by atoms with van der Waals surface area (Å²) in [6.45, 7) is 1.59. The van der Waals surface area contributed by atoms with E-state index < -0.39 is 11.9 Å². The van der Waals surface area contributed by atoms with Crippen LogP contribution in [0.1, 0.15) is 17.3 Å². The maximum Gasteiger partial charge on any atom is 0.253 e. The van der Waals surface area contributed by atoms with Gasteiger partial charge in [0.05, 0.1) is 10.6 Å². The maximum atomic E-state index is 11.7. The number of carbonyl (C=O) groups is 2. The van der Waals surface area contributed by atoms with Gasteiger partial charge in [0.2, 0.25) is 5.91 Å². The van der Waals surface area contributed by atoms with E-state index in [9.17, 15) is 9.59 Å². The van der Waals surface area contributed by atoms with Crippen molar-refractivity contribution in [1.29, 1.82) is 0 Å². The van der Waals surface area contributed by atoms with E-state index in [1.165, 1.54) is 25.5 Å². The van der Waals surface area contributed by atoms with Gasteiger partial charge in [-0.25, -0.2) is 0 Å². The van der Waals surface area contributed by atoms with Crippen LogP contribution in [0.5, 0.6) is 0 Å². The molecule has 86 valence electrons. The fourth-order valence-corrected chi connectivity index (χ4v) is 1.32. The van der Waals surface area contributed by atoms with Crippen molar-refractivity contribution in [1.82, 2.24) is 15.6 Å². The highest BCUT2D eigenvalue weighted by atomic mass is 35.5. The first-order chi connectivity index (χ1) is 7.56. The van der Waals surface area contributed by atoms with Crippen LogP contribution in [0.15, 0.2) is 18.5 Å². The van der Waals surface area contributed by atoms with E-state index >= 15 is 0 Å². The van der Waals surface area contributed by atoms with Crippen molar-refractivity contribution in [3.05, 3.63) is 29.0 Å². The minimum atomic E-state index is -0.610. The topological polar surface area (TPSA) is 71.1 Å². The van der Waals surface area contributed by atoms with Crippen LogP contribution in [0.4, 0.5) is 0 Å². The van der Waals surface area contributed by atoms with Crippen LogP contribution in [0.3, 0.4) is 0 Å². The number of halogens is 1. The van der Waals surface area contributed by atoms with Gasteiger partial charge >= 0.3 is 0 Å². The smallest absolute Gasteiger partial charge is 0.253 e. The lowest BCUT2D eigenvalue weighted by atomic mass is 10.2. The van der Waals surface area contributed by atoms with Crippen molar-refractivity contribution in [2.24, 2.45) is 0 Å². The lowest BCUT2D eigenvalue weighted by Crippen LogP contribution is -2.43. The van der Waals surface area contributed by atoms with Gasteiger partial charge in [-0.1, -0.05) is 11.6 Å². The fourth-order valence-electron chi connectivity index (χ4n) is 1.12. The molecule has 6 heteroatoms. The summed E-state index contributed by atoms with van der Waals surface area (Å²) in [5, 5.41) is 5.22. The number of hydrogen-bond donors (Lipinski definition) is 2. The number of amides is 2. The van der Waals surface area contributed by atoms with Crippen molar-refractivity contribution in [2.75, 3.05) is 7.05 Å². The van der Waals surface area contributed by atoms with Crippen molar-refractivity contribution >= 4 is 23.4 Å². The quantitative estimate of drug-likeness (QED) is 0.814. The van der Waals surface area contributed by atoms with Crippen LogP contribution in [0.2, 0.25) is 5.02 Å². The van der Waals surface area contributed by atoms with Gasteiger partial charge < -0.3 is 10.6 Å². The third-order valence-electron chi connectivity index (χ3n) is 2.00. The van der Waals surface area contributed by atoms with Crippen LogP contribution in [-0.2, 0) is 4.79 Å². The number of nitrogens with zero attached hydrogens (tertiary/aromatic N) is 1. The molecule has 1 atom stereocenters. The standard InChI is InChI=1S/C10H12ClN3O2/c1-6(9(15)12-2)14-10(16)7-3-4-13-5-8(7)11/h3-6H,1-2H3,(H,12,15)(H,14,16). The predicted octanol–water partition coefficient (Wildman–Crippen LogP) is 0.599. The van der Waals surface area contributed by atoms with Gasteiger partial charge in [0.1, 0.15) is 6.04 Å². The highest BCUT2D eigenvalue weighted by Crippen LogP contribution is 2.12. The Kier molecular flexibility index (Phi) is 4.25. The number of likely N-dealkylation sites (N-methyl/N-ethyl adjacent to an activating group) is 1. The Morgan fingerprint density at radius 1 is 1.50 bits per heavy atom. The molecule has 0 saturated carbocycles. The Morgan fingerprint density at radius 3 is 2.75 bits per heavy atom. The molecule has 0 bridgehead atoms. The lowest BCUT2D eigenvalue weighted by molar-refractivity contribution is -0.122. The molecule has 0 radical (unpaired) electrons. The molecular formula is C10H12ClN3O2. The predicted molar refractivity (Wildman–Crippen MR) is 60.2 cm³/mol. The summed E-state index contributed by atoms with van der Waals surface area (Å²) in [5.74, 6) is -0.665. The van der Waals surface area contributed by atoms with Gasteiger partial charge in [-0.15, -0.1) is 0 Å². The van der Waals surface area contributed by atoms with Crippen LogP contribution in [0.25, 0.3) is 0 Å². The fraction of sp³-hybridized carbons (Fsp3) is 0.300. The molecule has 2 amide bonds. The number of carbonyl (C=O) groups excluding carboxylic acids is 2. The van der Waals surface area contributed by atoms with Gasteiger partial charge in [0.25, 0.3) is 5.91 Å². The Morgan fingerprint density at radius 2 is 2.19 bits per heavy atom. The van der Waals surface area contributed by atoms with E-state index in [-0.39, 0.29) is 10.9 Å². The van der Waals surface area contributed by atoms with Crippen LogP contribution in [0, 0.1) is 0 Å². The second-order valence-electron chi connectivity index (χ2n) is 3.16. The van der Waals surface area contributed by atoms with Crippen molar-refractivity contribution in [3.63, 3.8) is 0 Å². The molecule has 0 aromatic carbocycles. The van der Waals surface area contributed by atoms with Crippen molar-refractivity contribution < 1.29 is 9.59 Å². The molecule has 0 spiro atoms. The maximum absolute atomic E-state index is 11.7. The largest absolute Gasteiger partial charge is 0.357 e. The van der Waals surface area contributed by atoms with Gasteiger partial charge in [-0.3, -0.25) is 14.6 Å². The van der Waals surface area contributed by atoms with E-state index in [0.29, 0.717) is 5.56 Å². The minimum absolute atomic E-state index is 0.254. The normalized spacial score (nSPS) is 11.7. The molecule has 16 heavy (non-hydrogen) atoms. The number of hydrogen-bond acceptors (Lipinski definition) is 3. The molecule has 2 N–H and O–H groups in total. The number of rotatable bonds is 3. The average molecular weight is 242 g/mol. The zero-order chi connectivity index (χ0) is 12.1. The van der Waals surface area contributed by atoms with E-state index in [0.717, 1.165) is 0 Å². The third-order valence-corrected chi connectivity index (χ3v) is 2.31. The monoisotopic (exact) mass is 241 g/mol. The van der Waals surface area contributed by atoms with Crippen LogP contribution in [-0.4, -0.2) is 29.9 Å². The second kappa shape index (κ2) is 5.46. The van der Waals surface area contributed by atoms with E-state index in [4.69, 9.17) is 11.6 Å². The summed E-state index contributed by atoms with van der Waals surface area (Å²) in [5.41, 5.74) is 0.299. The number of aromatic nitrogens is 1. The summed E-state index contributed by atoms with van der Waals surface area (Å²) in [6.07, 6.45) is 2.84. The summed E-state index contributed by atoms with van der Waals surface area (Å²) >= 11 is 5.79. The lowest BCUT2D eigenvalue weighted by Gasteiger charge is -2.12. The molecule has 5 nitrogen and oxygen atoms in total. The molecule has 1 unspecified atom stereocenters. The first-order valence-electron chi connectivity index (χ1n) is 4.68. The Balaban J connectivity index is 2.73. The molecule has 1 rings (SSSR count). The molecular weight excluding hydrogens is 230 g/mol. The Bertz CT molecular complexity index is 409. The Hall–Kier alpha value is -1.62. The number of pyridine rings is 1. The van der Waals surface area contributed by atoms with Crippen LogP contribution >= 0.6 is 11.6 Å². The van der Waals surface area contributed by atoms with Gasteiger partial charge in [-0.05, 0) is 13.0 Å². The van der Waals surface area contributed by atoms with Crippen molar-refractivity contribution in [3.8, 4) is 0 Å². The summed E-state index contributed by atoms with van der Waals surface area (Å²) < 4.78 is 0. The summed E-state index contributed by atoms with van der Waals surface area (Å²) in [6, 6.07) is 0.885. The number of nitrogens with one attached hydrogen (secondary N) is 2. The average Bonchev–Trinajstić information content (AvgIpc) is 2.28. The molecule has 0 aliphatic heterocycles. The van der Waals surface area contributed by atoms with Crippen molar-refractivity contribution in [2.45, 2.75) is 13.0 Å². The molecule has 0 aliphatic carbocycles. The third kappa shape index (κ3) is 2.93. The molecule has 0 saturated heterocycles. The molecule has 1 heterocycles. The highest BCUT2D eigenvalue weighted by molar-refractivity contribution is 6.33. The zero-order valence-corrected chi connectivity index (χ0v) is 9.71. The summed E-state index contributed by atoms with van der Waals surface area (Å²) in [4.78, 5) is 26.7. The van der Waals surface area contributed by atoms with E-state index in [1.54, 1.807) is 6.92 Å². The molecule has 1 aromatic heterocycles. The van der Waals surface area contributed by atoms with Gasteiger partial charge in [-0.2, -0.15) is 0 Å². The van der Waals surface area contributed by atoms with E-state index in [2.05, 4.69) is 15.6 Å². The molecule has 1 aromatic rings. The molecule has 0 aliphatic rings.